The Morgan fingerprint density at radius 3 is 2.10 bits per heavy atom. The minimum absolute atomic E-state index is 0.0312. The Hall–Kier alpha value is -1.14. The molecule has 3 rings (SSSR count). The number of anilines is 1. The number of sulfonamides is 1. The van der Waals surface area contributed by atoms with Gasteiger partial charge in [-0.1, -0.05) is 0 Å². The molecule has 2 aliphatic carbocycles. The molecule has 0 aliphatic heterocycles. The number of hydrogen-bond acceptors (Lipinski definition) is 3. The number of nitrogens with zero attached hydrogens (tertiary/aromatic N) is 1. The van der Waals surface area contributed by atoms with Crippen molar-refractivity contribution < 1.29 is 12.8 Å². The van der Waals surface area contributed by atoms with Crippen molar-refractivity contribution in [3.63, 3.8) is 0 Å². The van der Waals surface area contributed by atoms with E-state index in [9.17, 15) is 12.8 Å². The summed E-state index contributed by atoms with van der Waals surface area (Å²) in [5, 5.41) is 0. The Balaban J connectivity index is 1.88. The number of hydrogen-bond donors (Lipinski definition) is 1. The van der Waals surface area contributed by atoms with Gasteiger partial charge in [-0.3, -0.25) is 0 Å². The Kier molecular flexibility index (Phi) is 3.46. The summed E-state index contributed by atoms with van der Waals surface area (Å²) in [6.07, 6.45) is 4.34. The molecule has 2 N–H and O–H groups in total. The third-order valence-electron chi connectivity index (χ3n) is 3.85. The van der Waals surface area contributed by atoms with Crippen molar-refractivity contribution in [1.82, 2.24) is 4.31 Å². The van der Waals surface area contributed by atoms with Crippen LogP contribution in [0.2, 0.25) is 0 Å². The highest BCUT2D eigenvalue weighted by Gasteiger charge is 2.35. The zero-order valence-electron chi connectivity index (χ0n) is 11.3. The van der Waals surface area contributed by atoms with E-state index in [0.29, 0.717) is 24.9 Å². The normalized spacial score (nSPS) is 19.5. The van der Waals surface area contributed by atoms with Crippen LogP contribution in [0, 0.1) is 17.7 Å². The van der Waals surface area contributed by atoms with Crippen LogP contribution < -0.4 is 5.73 Å². The summed E-state index contributed by atoms with van der Waals surface area (Å²) >= 11 is 0. The van der Waals surface area contributed by atoms with Crippen LogP contribution in [0.4, 0.5) is 10.1 Å². The van der Waals surface area contributed by atoms with Crippen LogP contribution in [-0.2, 0) is 10.0 Å². The topological polar surface area (TPSA) is 63.4 Å². The molecule has 1 aromatic carbocycles. The summed E-state index contributed by atoms with van der Waals surface area (Å²) in [6, 6.07) is 3.52. The van der Waals surface area contributed by atoms with Gasteiger partial charge in [0, 0.05) is 18.8 Å². The fourth-order valence-electron chi connectivity index (χ4n) is 2.33. The molecule has 0 bridgehead atoms. The summed E-state index contributed by atoms with van der Waals surface area (Å²) in [7, 11) is -3.64. The summed E-state index contributed by atoms with van der Waals surface area (Å²) in [6.45, 7) is 1.10. The minimum atomic E-state index is -3.64. The standard InChI is InChI=1S/C14H19FN2O2S/c15-12-5-13(16)7-14(6-12)20(18,19)17(8-10-1-2-10)9-11-3-4-11/h5-7,10-11H,1-4,8-9,16H2. The Labute approximate surface area is 118 Å². The first-order chi connectivity index (χ1) is 9.45. The molecule has 2 saturated carbocycles. The van der Waals surface area contributed by atoms with E-state index >= 15 is 0 Å². The minimum Gasteiger partial charge on any atom is -0.399 e. The van der Waals surface area contributed by atoms with Crippen LogP contribution in [0.15, 0.2) is 23.1 Å². The lowest BCUT2D eigenvalue weighted by Crippen LogP contribution is -2.34. The van der Waals surface area contributed by atoms with E-state index in [1.807, 2.05) is 0 Å². The summed E-state index contributed by atoms with van der Waals surface area (Å²) in [4.78, 5) is -0.0312. The van der Waals surface area contributed by atoms with E-state index in [0.717, 1.165) is 37.8 Å². The van der Waals surface area contributed by atoms with Gasteiger partial charge in [0.05, 0.1) is 4.90 Å². The van der Waals surface area contributed by atoms with Gasteiger partial charge < -0.3 is 5.73 Å². The first kappa shape index (κ1) is 13.8. The zero-order chi connectivity index (χ0) is 14.3. The molecule has 0 amide bonds. The Bertz CT molecular complexity index is 575. The lowest BCUT2D eigenvalue weighted by Gasteiger charge is -2.22. The maximum absolute atomic E-state index is 13.4. The summed E-state index contributed by atoms with van der Waals surface area (Å²) in [5.41, 5.74) is 5.70. The molecule has 110 valence electrons. The van der Waals surface area contributed by atoms with Gasteiger partial charge in [0.15, 0.2) is 0 Å². The molecule has 0 unspecified atom stereocenters. The quantitative estimate of drug-likeness (QED) is 0.819. The predicted octanol–water partition coefficient (Wildman–Crippen LogP) is 2.22. The second-order valence-electron chi connectivity index (χ2n) is 5.93. The molecular weight excluding hydrogens is 279 g/mol. The van der Waals surface area contributed by atoms with Crippen LogP contribution in [0.1, 0.15) is 25.7 Å². The van der Waals surface area contributed by atoms with Crippen molar-refractivity contribution >= 4 is 15.7 Å². The number of rotatable bonds is 6. The molecule has 2 fully saturated rings. The summed E-state index contributed by atoms with van der Waals surface area (Å²) < 4.78 is 40.3. The molecule has 0 saturated heterocycles. The second-order valence-corrected chi connectivity index (χ2v) is 7.87. The molecule has 4 nitrogen and oxygen atoms in total. The molecule has 0 heterocycles. The smallest absolute Gasteiger partial charge is 0.243 e. The van der Waals surface area contributed by atoms with E-state index in [2.05, 4.69) is 0 Å². The number of nitrogen functional groups attached to an aromatic ring is 1. The third kappa shape index (κ3) is 3.12. The highest BCUT2D eigenvalue weighted by atomic mass is 32.2. The maximum atomic E-state index is 13.4. The molecule has 20 heavy (non-hydrogen) atoms. The molecule has 2 aliphatic rings. The van der Waals surface area contributed by atoms with Crippen LogP contribution >= 0.6 is 0 Å². The average Bonchev–Trinajstić information content (AvgIpc) is 3.21. The van der Waals surface area contributed by atoms with Crippen molar-refractivity contribution in [2.24, 2.45) is 11.8 Å². The monoisotopic (exact) mass is 298 g/mol. The van der Waals surface area contributed by atoms with Crippen molar-refractivity contribution in [2.45, 2.75) is 30.6 Å². The van der Waals surface area contributed by atoms with Crippen molar-refractivity contribution in [3.8, 4) is 0 Å². The van der Waals surface area contributed by atoms with Gasteiger partial charge in [0.1, 0.15) is 5.82 Å². The third-order valence-corrected chi connectivity index (χ3v) is 5.66. The first-order valence-electron chi connectivity index (χ1n) is 7.01. The first-order valence-corrected chi connectivity index (χ1v) is 8.45. The Morgan fingerprint density at radius 2 is 1.65 bits per heavy atom. The molecule has 0 atom stereocenters. The van der Waals surface area contributed by atoms with Gasteiger partial charge in [0.2, 0.25) is 10.0 Å². The lowest BCUT2D eigenvalue weighted by atomic mass is 10.3. The van der Waals surface area contributed by atoms with Crippen molar-refractivity contribution in [1.29, 1.82) is 0 Å². The zero-order valence-corrected chi connectivity index (χ0v) is 12.1. The van der Waals surface area contributed by atoms with E-state index in [1.165, 1.54) is 10.4 Å². The predicted molar refractivity (Wildman–Crippen MR) is 75.0 cm³/mol. The van der Waals surface area contributed by atoms with Crippen LogP contribution in [0.5, 0.6) is 0 Å². The maximum Gasteiger partial charge on any atom is 0.243 e. The van der Waals surface area contributed by atoms with E-state index < -0.39 is 15.8 Å². The second kappa shape index (κ2) is 5.00. The SMILES string of the molecule is Nc1cc(F)cc(S(=O)(=O)N(CC2CC2)CC2CC2)c1. The molecule has 0 radical (unpaired) electrons. The van der Waals surface area contributed by atoms with Crippen LogP contribution in [0.3, 0.4) is 0 Å². The Morgan fingerprint density at radius 1 is 1.10 bits per heavy atom. The fraction of sp³-hybridized carbons (Fsp3) is 0.571. The van der Waals surface area contributed by atoms with E-state index in [4.69, 9.17) is 5.73 Å². The highest BCUT2D eigenvalue weighted by Crippen LogP contribution is 2.36. The number of halogens is 1. The van der Waals surface area contributed by atoms with E-state index in [1.54, 1.807) is 0 Å². The van der Waals surface area contributed by atoms with E-state index in [-0.39, 0.29) is 10.6 Å². The lowest BCUT2D eigenvalue weighted by molar-refractivity contribution is 0.382. The van der Waals surface area contributed by atoms with Gasteiger partial charge in [-0.15, -0.1) is 0 Å². The molecule has 0 spiro atoms. The van der Waals surface area contributed by atoms with Gasteiger partial charge in [-0.05, 0) is 55.7 Å². The van der Waals surface area contributed by atoms with Gasteiger partial charge in [-0.25, -0.2) is 12.8 Å². The van der Waals surface area contributed by atoms with Crippen molar-refractivity contribution in [3.05, 3.63) is 24.0 Å². The average molecular weight is 298 g/mol. The molecule has 1 aromatic rings. The van der Waals surface area contributed by atoms with Gasteiger partial charge >= 0.3 is 0 Å². The van der Waals surface area contributed by atoms with Gasteiger partial charge in [0.25, 0.3) is 0 Å². The number of benzene rings is 1. The van der Waals surface area contributed by atoms with Crippen LogP contribution in [0.25, 0.3) is 0 Å². The highest BCUT2D eigenvalue weighted by molar-refractivity contribution is 7.89. The molecule has 0 aromatic heterocycles. The summed E-state index contributed by atoms with van der Waals surface area (Å²) in [5.74, 6) is 0.324. The van der Waals surface area contributed by atoms with Crippen LogP contribution in [-0.4, -0.2) is 25.8 Å². The molecule has 6 heteroatoms. The van der Waals surface area contributed by atoms with Crippen molar-refractivity contribution in [2.75, 3.05) is 18.8 Å². The van der Waals surface area contributed by atoms with Gasteiger partial charge in [-0.2, -0.15) is 4.31 Å². The fourth-order valence-corrected chi connectivity index (χ4v) is 3.99. The molecular formula is C14H19FN2O2S. The largest absolute Gasteiger partial charge is 0.399 e. The number of nitrogens with two attached hydrogens (primary N) is 1.